The number of nitrogens with two attached hydrogens (primary N) is 2. The quantitative estimate of drug-likeness (QED) is 0.350. The van der Waals surface area contributed by atoms with Gasteiger partial charge in [0.1, 0.15) is 5.82 Å². The lowest BCUT2D eigenvalue weighted by Gasteiger charge is -2.24. The van der Waals surface area contributed by atoms with E-state index in [0.29, 0.717) is 5.82 Å². The predicted octanol–water partition coefficient (Wildman–Crippen LogP) is -1.22. The van der Waals surface area contributed by atoms with Crippen LogP contribution in [0, 0.1) is 0 Å². The Balaban J connectivity index is 2.44. The number of aromatic nitrogens is 2. The summed E-state index contributed by atoms with van der Waals surface area (Å²) in [6, 6.07) is 0. The topological polar surface area (TPSA) is 105 Å². The molecule has 0 atom stereocenters. The van der Waals surface area contributed by atoms with Crippen molar-refractivity contribution in [2.24, 2.45) is 16.5 Å². The third kappa shape index (κ3) is 0.975. The van der Waals surface area contributed by atoms with Crippen LogP contribution in [0.5, 0.6) is 0 Å². The molecule has 0 fully saturated rings. The fraction of sp³-hybridized carbons (Fsp3) is 0.200. The molecule has 6 heteroatoms. The minimum Gasteiger partial charge on any atom is -0.321 e. The summed E-state index contributed by atoms with van der Waals surface area (Å²) < 4.78 is 0. The van der Waals surface area contributed by atoms with Gasteiger partial charge < -0.3 is 5.32 Å². The number of nitrogens with one attached hydrogen (secondary N) is 2. The molecule has 0 aromatic carbocycles. The van der Waals surface area contributed by atoms with Crippen molar-refractivity contribution in [3.8, 4) is 0 Å². The first-order valence-electron chi connectivity index (χ1n) is 3.12. The lowest BCUT2D eigenvalue weighted by atomic mass is 10.3. The highest BCUT2D eigenvalue weighted by Gasteiger charge is 2.22. The van der Waals surface area contributed by atoms with Crippen molar-refractivity contribution in [2.45, 2.75) is 5.91 Å². The number of aliphatic imine (C=N–C) groups is 1. The molecule has 1 aliphatic rings. The van der Waals surface area contributed by atoms with Crippen molar-refractivity contribution in [3.63, 3.8) is 0 Å². The van der Waals surface area contributed by atoms with Crippen molar-refractivity contribution in [3.05, 3.63) is 11.8 Å². The largest absolute Gasteiger partial charge is 0.321 e. The minimum absolute atomic E-state index is 0.699. The van der Waals surface area contributed by atoms with E-state index in [9.17, 15) is 0 Å². The van der Waals surface area contributed by atoms with Gasteiger partial charge >= 0.3 is 0 Å². The van der Waals surface area contributed by atoms with E-state index in [4.69, 9.17) is 11.5 Å². The average Bonchev–Trinajstić information content (AvgIpc) is 2.31. The number of aromatic amines is 1. The van der Waals surface area contributed by atoms with Crippen LogP contribution < -0.4 is 16.8 Å². The maximum Gasteiger partial charge on any atom is 0.240 e. The van der Waals surface area contributed by atoms with Crippen LogP contribution in [0.25, 0.3) is 0 Å². The van der Waals surface area contributed by atoms with Crippen LogP contribution >= 0.6 is 0 Å². The standard InChI is InChI=1S/C5H8N6/c6-5(7)8-1-3-2-9-11-4(3)10-5/h1-2H,6-7H2,(H2,9,10,11). The highest BCUT2D eigenvalue weighted by atomic mass is 15.4. The molecule has 0 spiro atoms. The van der Waals surface area contributed by atoms with Crippen LogP contribution in [0.2, 0.25) is 0 Å². The Kier molecular flexibility index (Phi) is 1.04. The minimum atomic E-state index is -1.21. The summed E-state index contributed by atoms with van der Waals surface area (Å²) in [5.74, 6) is -0.510. The van der Waals surface area contributed by atoms with Gasteiger partial charge in [-0.1, -0.05) is 0 Å². The molecule has 2 heterocycles. The Hall–Kier alpha value is -1.40. The van der Waals surface area contributed by atoms with E-state index in [0.717, 1.165) is 5.56 Å². The van der Waals surface area contributed by atoms with Gasteiger partial charge in [-0.2, -0.15) is 5.10 Å². The predicted molar refractivity (Wildman–Crippen MR) is 40.9 cm³/mol. The van der Waals surface area contributed by atoms with Gasteiger partial charge in [-0.3, -0.25) is 16.6 Å². The number of rotatable bonds is 0. The highest BCUT2D eigenvalue weighted by molar-refractivity contribution is 5.88. The Morgan fingerprint density at radius 2 is 2.27 bits per heavy atom. The highest BCUT2D eigenvalue weighted by Crippen LogP contribution is 2.15. The Bertz CT molecular complexity index is 298. The van der Waals surface area contributed by atoms with E-state index in [1.807, 2.05) is 0 Å². The number of hydrogen-bond acceptors (Lipinski definition) is 5. The monoisotopic (exact) mass is 152 g/mol. The van der Waals surface area contributed by atoms with E-state index in [1.165, 1.54) is 0 Å². The van der Waals surface area contributed by atoms with Gasteiger partial charge in [0, 0.05) is 6.21 Å². The second-order valence-electron chi connectivity index (χ2n) is 2.41. The molecule has 11 heavy (non-hydrogen) atoms. The van der Waals surface area contributed by atoms with Gasteiger partial charge in [-0.15, -0.1) is 0 Å². The number of anilines is 1. The molecule has 0 bridgehead atoms. The first-order valence-corrected chi connectivity index (χ1v) is 3.12. The lowest BCUT2D eigenvalue weighted by Crippen LogP contribution is -2.56. The molecule has 58 valence electrons. The van der Waals surface area contributed by atoms with Gasteiger partial charge in [0.25, 0.3) is 0 Å². The Labute approximate surface area is 62.7 Å². The van der Waals surface area contributed by atoms with Crippen molar-refractivity contribution < 1.29 is 0 Å². The molecule has 0 saturated heterocycles. The summed E-state index contributed by atoms with van der Waals surface area (Å²) in [6.45, 7) is 0. The third-order valence-electron chi connectivity index (χ3n) is 1.41. The number of fused-ring (bicyclic) bond motifs is 1. The van der Waals surface area contributed by atoms with Crippen LogP contribution in [-0.2, 0) is 0 Å². The van der Waals surface area contributed by atoms with E-state index >= 15 is 0 Å². The Morgan fingerprint density at radius 3 is 3.09 bits per heavy atom. The molecular weight excluding hydrogens is 144 g/mol. The molecule has 6 nitrogen and oxygen atoms in total. The summed E-state index contributed by atoms with van der Waals surface area (Å²) in [5, 5.41) is 9.24. The summed E-state index contributed by atoms with van der Waals surface area (Å²) in [6.07, 6.45) is 3.22. The number of H-pyrrole nitrogens is 1. The van der Waals surface area contributed by atoms with Gasteiger partial charge in [0.15, 0.2) is 0 Å². The molecule has 1 aromatic heterocycles. The van der Waals surface area contributed by atoms with Gasteiger partial charge in [0.2, 0.25) is 5.91 Å². The fourth-order valence-corrected chi connectivity index (χ4v) is 0.902. The van der Waals surface area contributed by atoms with E-state index in [2.05, 4.69) is 20.5 Å². The summed E-state index contributed by atoms with van der Waals surface area (Å²) in [7, 11) is 0. The van der Waals surface area contributed by atoms with Crippen LogP contribution in [-0.4, -0.2) is 22.3 Å². The molecule has 0 radical (unpaired) electrons. The second-order valence-corrected chi connectivity index (χ2v) is 2.41. The SMILES string of the molecule is NC1(N)N=Cc2cn[nH]c2N1. The van der Waals surface area contributed by atoms with Crippen molar-refractivity contribution in [2.75, 3.05) is 5.32 Å². The zero-order valence-corrected chi connectivity index (χ0v) is 5.70. The normalized spacial score (nSPS) is 19.1. The van der Waals surface area contributed by atoms with Crippen LogP contribution in [0.1, 0.15) is 5.56 Å². The maximum absolute atomic E-state index is 5.47. The Morgan fingerprint density at radius 1 is 1.45 bits per heavy atom. The molecule has 0 aliphatic carbocycles. The van der Waals surface area contributed by atoms with Crippen LogP contribution in [0.3, 0.4) is 0 Å². The average molecular weight is 152 g/mol. The van der Waals surface area contributed by atoms with E-state index in [1.54, 1.807) is 12.4 Å². The van der Waals surface area contributed by atoms with Gasteiger partial charge in [-0.05, 0) is 0 Å². The molecular formula is C5H8N6. The molecule has 0 unspecified atom stereocenters. The first-order chi connectivity index (χ1) is 5.17. The maximum atomic E-state index is 5.47. The molecule has 2 rings (SSSR count). The van der Waals surface area contributed by atoms with E-state index in [-0.39, 0.29) is 0 Å². The van der Waals surface area contributed by atoms with Crippen molar-refractivity contribution >= 4 is 12.0 Å². The van der Waals surface area contributed by atoms with Crippen molar-refractivity contribution in [1.29, 1.82) is 0 Å². The first kappa shape index (κ1) is 6.32. The molecule has 1 aliphatic heterocycles. The number of nitrogens with zero attached hydrogens (tertiary/aromatic N) is 2. The molecule has 1 aromatic rings. The molecule has 0 amide bonds. The summed E-state index contributed by atoms with van der Waals surface area (Å²) in [5.41, 5.74) is 11.8. The van der Waals surface area contributed by atoms with Gasteiger partial charge in [0.05, 0.1) is 11.8 Å². The zero-order valence-electron chi connectivity index (χ0n) is 5.70. The zero-order chi connectivity index (χ0) is 7.90. The second kappa shape index (κ2) is 1.80. The van der Waals surface area contributed by atoms with E-state index < -0.39 is 5.91 Å². The molecule has 6 N–H and O–H groups in total. The lowest BCUT2D eigenvalue weighted by molar-refractivity contribution is 0.532. The molecule has 0 saturated carbocycles. The number of hydrogen-bond donors (Lipinski definition) is 4. The van der Waals surface area contributed by atoms with Gasteiger partial charge in [-0.25, -0.2) is 4.99 Å². The van der Waals surface area contributed by atoms with Crippen LogP contribution in [0.4, 0.5) is 5.82 Å². The third-order valence-corrected chi connectivity index (χ3v) is 1.41. The summed E-state index contributed by atoms with van der Waals surface area (Å²) >= 11 is 0. The van der Waals surface area contributed by atoms with Crippen LogP contribution in [0.15, 0.2) is 11.2 Å². The smallest absolute Gasteiger partial charge is 0.240 e. The summed E-state index contributed by atoms with van der Waals surface area (Å²) in [4.78, 5) is 3.83. The van der Waals surface area contributed by atoms with Crippen molar-refractivity contribution in [1.82, 2.24) is 10.2 Å². The fourth-order valence-electron chi connectivity index (χ4n) is 0.902.